The number of hydrogen-bond acceptors (Lipinski definition) is 3. The fourth-order valence-corrected chi connectivity index (χ4v) is 1.95. The lowest BCUT2D eigenvalue weighted by Crippen LogP contribution is -2.17. The van der Waals surface area contributed by atoms with E-state index in [9.17, 15) is 10.2 Å². The van der Waals surface area contributed by atoms with Crippen molar-refractivity contribution in [2.75, 3.05) is 13.6 Å². The topological polar surface area (TPSA) is 52.5 Å². The molecule has 1 aromatic rings. The molecule has 1 atom stereocenters. The quantitative estimate of drug-likeness (QED) is 0.775. The van der Waals surface area contributed by atoms with Gasteiger partial charge in [0.2, 0.25) is 0 Å². The second-order valence-electron chi connectivity index (χ2n) is 3.21. The van der Waals surface area contributed by atoms with Crippen LogP contribution in [0.4, 0.5) is 0 Å². The number of rotatable bonds is 3. The van der Waals surface area contributed by atoms with Crippen LogP contribution in [0.1, 0.15) is 17.2 Å². The van der Waals surface area contributed by atoms with Gasteiger partial charge in [-0.2, -0.15) is 0 Å². The first kappa shape index (κ1) is 11.5. The molecule has 0 radical (unpaired) electrons. The van der Waals surface area contributed by atoms with Gasteiger partial charge >= 0.3 is 0 Å². The minimum absolute atomic E-state index is 0.192. The number of phenolic OH excluding ortho intramolecular Hbond substituents is 1. The number of phenols is 1. The summed E-state index contributed by atoms with van der Waals surface area (Å²) in [4.78, 5) is 0. The fourth-order valence-electron chi connectivity index (χ4n) is 1.24. The average Bonchev–Trinajstić information content (AvgIpc) is 2.15. The van der Waals surface area contributed by atoms with Crippen LogP contribution in [-0.4, -0.2) is 23.8 Å². The van der Waals surface area contributed by atoms with Crippen LogP contribution in [0.25, 0.3) is 0 Å². The van der Waals surface area contributed by atoms with E-state index in [2.05, 4.69) is 21.2 Å². The lowest BCUT2D eigenvalue weighted by atomic mass is 10.1. The Morgan fingerprint density at radius 3 is 2.71 bits per heavy atom. The summed E-state index contributed by atoms with van der Waals surface area (Å²) in [5.41, 5.74) is 1.49. The molecule has 0 bridgehead atoms. The van der Waals surface area contributed by atoms with E-state index >= 15 is 0 Å². The molecule has 1 unspecified atom stereocenters. The summed E-state index contributed by atoms with van der Waals surface area (Å²) < 4.78 is 0.570. The first-order valence-electron chi connectivity index (χ1n) is 4.38. The van der Waals surface area contributed by atoms with Crippen LogP contribution in [0.2, 0.25) is 0 Å². The number of benzene rings is 1. The Labute approximate surface area is 91.9 Å². The smallest absolute Gasteiger partial charge is 0.133 e. The zero-order valence-corrected chi connectivity index (χ0v) is 9.80. The number of hydrogen-bond donors (Lipinski definition) is 3. The Bertz CT molecular complexity index is 328. The van der Waals surface area contributed by atoms with Gasteiger partial charge in [0.25, 0.3) is 0 Å². The molecule has 0 aromatic heterocycles. The van der Waals surface area contributed by atoms with Crippen LogP contribution in [0.15, 0.2) is 16.6 Å². The molecule has 3 nitrogen and oxygen atoms in total. The van der Waals surface area contributed by atoms with E-state index in [-0.39, 0.29) is 5.75 Å². The SMILES string of the molecule is CNCC(O)c1ccc(C)c(O)c1Br. The number of halogens is 1. The van der Waals surface area contributed by atoms with Crippen molar-refractivity contribution in [2.45, 2.75) is 13.0 Å². The average molecular weight is 260 g/mol. The summed E-state index contributed by atoms with van der Waals surface area (Å²) in [5, 5.41) is 22.2. The number of aliphatic hydroxyl groups is 1. The van der Waals surface area contributed by atoms with Crippen molar-refractivity contribution in [2.24, 2.45) is 0 Å². The third-order valence-electron chi connectivity index (χ3n) is 2.10. The summed E-state index contributed by atoms with van der Waals surface area (Å²) in [7, 11) is 1.77. The first-order valence-corrected chi connectivity index (χ1v) is 5.17. The molecule has 0 spiro atoms. The molecule has 0 aliphatic carbocycles. The summed E-state index contributed by atoms with van der Waals surface area (Å²) >= 11 is 3.26. The third-order valence-corrected chi connectivity index (χ3v) is 2.94. The van der Waals surface area contributed by atoms with Crippen LogP contribution in [0.3, 0.4) is 0 Å². The Morgan fingerprint density at radius 2 is 2.14 bits per heavy atom. The van der Waals surface area contributed by atoms with Gasteiger partial charge < -0.3 is 15.5 Å². The molecule has 0 amide bonds. The lowest BCUT2D eigenvalue weighted by Gasteiger charge is -2.14. The van der Waals surface area contributed by atoms with Gasteiger partial charge in [0.15, 0.2) is 0 Å². The molecule has 0 heterocycles. The maximum absolute atomic E-state index is 9.71. The summed E-state index contributed by atoms with van der Waals surface area (Å²) in [6, 6.07) is 3.59. The predicted molar refractivity (Wildman–Crippen MR) is 59.4 cm³/mol. The zero-order valence-electron chi connectivity index (χ0n) is 8.21. The number of nitrogens with one attached hydrogen (secondary N) is 1. The largest absolute Gasteiger partial charge is 0.506 e. The summed E-state index contributed by atoms with van der Waals surface area (Å²) in [6.45, 7) is 2.27. The normalized spacial score (nSPS) is 12.9. The van der Waals surface area contributed by atoms with E-state index in [0.29, 0.717) is 16.6 Å². The van der Waals surface area contributed by atoms with Crippen molar-refractivity contribution in [1.82, 2.24) is 5.32 Å². The molecule has 14 heavy (non-hydrogen) atoms. The monoisotopic (exact) mass is 259 g/mol. The Kier molecular flexibility index (Phi) is 3.92. The molecule has 0 aliphatic rings. The fraction of sp³-hybridized carbons (Fsp3) is 0.400. The molecule has 1 aromatic carbocycles. The number of aliphatic hydroxyl groups excluding tert-OH is 1. The molecule has 0 saturated carbocycles. The maximum Gasteiger partial charge on any atom is 0.133 e. The van der Waals surface area contributed by atoms with Crippen molar-refractivity contribution in [3.63, 3.8) is 0 Å². The highest BCUT2D eigenvalue weighted by molar-refractivity contribution is 9.10. The van der Waals surface area contributed by atoms with E-state index in [1.165, 1.54) is 0 Å². The van der Waals surface area contributed by atoms with E-state index in [4.69, 9.17) is 0 Å². The van der Waals surface area contributed by atoms with Crippen molar-refractivity contribution in [3.8, 4) is 5.75 Å². The molecule has 3 N–H and O–H groups in total. The number of likely N-dealkylation sites (N-methyl/N-ethyl adjacent to an activating group) is 1. The van der Waals surface area contributed by atoms with Crippen LogP contribution >= 0.6 is 15.9 Å². The van der Waals surface area contributed by atoms with Crippen LogP contribution in [0.5, 0.6) is 5.75 Å². The van der Waals surface area contributed by atoms with Crippen molar-refractivity contribution < 1.29 is 10.2 Å². The van der Waals surface area contributed by atoms with Crippen LogP contribution in [0, 0.1) is 6.92 Å². The Balaban J connectivity index is 3.04. The molecule has 0 fully saturated rings. The van der Waals surface area contributed by atoms with Crippen molar-refractivity contribution in [1.29, 1.82) is 0 Å². The van der Waals surface area contributed by atoms with Crippen molar-refractivity contribution >= 4 is 15.9 Å². The summed E-state index contributed by atoms with van der Waals surface area (Å²) in [6.07, 6.45) is -0.610. The molecular weight excluding hydrogens is 246 g/mol. The van der Waals surface area contributed by atoms with Gasteiger partial charge in [-0.05, 0) is 41.0 Å². The number of aryl methyl sites for hydroxylation is 1. The lowest BCUT2D eigenvalue weighted by molar-refractivity contribution is 0.176. The van der Waals surface area contributed by atoms with Gasteiger partial charge in [0, 0.05) is 6.54 Å². The molecule has 0 aliphatic heterocycles. The van der Waals surface area contributed by atoms with Crippen LogP contribution < -0.4 is 5.32 Å². The second-order valence-corrected chi connectivity index (χ2v) is 4.00. The van der Waals surface area contributed by atoms with E-state index in [1.54, 1.807) is 19.2 Å². The molecule has 4 heteroatoms. The Hall–Kier alpha value is -0.580. The maximum atomic E-state index is 9.71. The van der Waals surface area contributed by atoms with Gasteiger partial charge in [-0.25, -0.2) is 0 Å². The highest BCUT2D eigenvalue weighted by Crippen LogP contribution is 2.33. The first-order chi connectivity index (χ1) is 6.57. The minimum Gasteiger partial charge on any atom is -0.506 e. The van der Waals surface area contributed by atoms with Crippen molar-refractivity contribution in [3.05, 3.63) is 27.7 Å². The zero-order chi connectivity index (χ0) is 10.7. The Morgan fingerprint density at radius 1 is 1.50 bits per heavy atom. The van der Waals surface area contributed by atoms with E-state index < -0.39 is 6.10 Å². The predicted octanol–water partition coefficient (Wildman–Crippen LogP) is 1.72. The van der Waals surface area contributed by atoms with Crippen LogP contribution in [-0.2, 0) is 0 Å². The standard InChI is InChI=1S/C10H14BrNO2/c1-6-3-4-7(8(13)5-12-2)9(11)10(6)14/h3-4,8,12-14H,5H2,1-2H3. The molecule has 78 valence electrons. The highest BCUT2D eigenvalue weighted by atomic mass is 79.9. The van der Waals surface area contributed by atoms with Gasteiger partial charge in [-0.1, -0.05) is 12.1 Å². The highest BCUT2D eigenvalue weighted by Gasteiger charge is 2.14. The molecule has 1 rings (SSSR count). The van der Waals surface area contributed by atoms with E-state index in [1.807, 2.05) is 6.92 Å². The minimum atomic E-state index is -0.610. The molecular formula is C10H14BrNO2. The third kappa shape index (κ3) is 2.26. The van der Waals surface area contributed by atoms with Gasteiger partial charge in [0.05, 0.1) is 10.6 Å². The van der Waals surface area contributed by atoms with E-state index in [0.717, 1.165) is 5.56 Å². The molecule has 0 saturated heterocycles. The number of aromatic hydroxyl groups is 1. The van der Waals surface area contributed by atoms with Gasteiger partial charge in [-0.3, -0.25) is 0 Å². The summed E-state index contributed by atoms with van der Waals surface area (Å²) in [5.74, 6) is 0.192. The van der Waals surface area contributed by atoms with Gasteiger partial charge in [-0.15, -0.1) is 0 Å². The van der Waals surface area contributed by atoms with Gasteiger partial charge in [0.1, 0.15) is 5.75 Å². The second kappa shape index (κ2) is 4.77.